The van der Waals surface area contributed by atoms with Crippen molar-refractivity contribution < 1.29 is 9.18 Å². The van der Waals surface area contributed by atoms with Gasteiger partial charge in [-0.3, -0.25) is 10.1 Å². The molecule has 1 N–H and O–H groups in total. The lowest BCUT2D eigenvalue weighted by Crippen LogP contribution is -2.24. The Morgan fingerprint density at radius 3 is 2.71 bits per heavy atom. The second-order valence-corrected chi connectivity index (χ2v) is 7.58. The van der Waals surface area contributed by atoms with Crippen LogP contribution in [0, 0.1) is 17.8 Å². The van der Waals surface area contributed by atoms with Crippen molar-refractivity contribution in [2.45, 2.75) is 52.5 Å². The lowest BCUT2D eigenvalue weighted by Gasteiger charge is -2.29. The minimum atomic E-state index is -0.580. The molecular weight excluding hydrogens is 307 g/mol. The maximum atomic E-state index is 13.9. The summed E-state index contributed by atoms with van der Waals surface area (Å²) in [6, 6.07) is 3.05. The highest BCUT2D eigenvalue weighted by Crippen LogP contribution is 2.38. The lowest BCUT2D eigenvalue weighted by molar-refractivity contribution is -0.117. The fourth-order valence-electron chi connectivity index (χ4n) is 2.94. The quantitative estimate of drug-likeness (QED) is 0.821. The van der Waals surface area contributed by atoms with Crippen LogP contribution in [0.15, 0.2) is 12.1 Å². The van der Waals surface area contributed by atoms with Gasteiger partial charge in [-0.25, -0.2) is 14.2 Å². The van der Waals surface area contributed by atoms with E-state index in [1.807, 2.05) is 25.3 Å². The molecule has 0 saturated heterocycles. The van der Waals surface area contributed by atoms with Gasteiger partial charge >= 0.3 is 0 Å². The predicted octanol–water partition coefficient (Wildman–Crippen LogP) is 4.83. The van der Waals surface area contributed by atoms with Crippen LogP contribution in [0.3, 0.4) is 0 Å². The minimum Gasteiger partial charge on any atom is -0.308 e. The summed E-state index contributed by atoms with van der Waals surface area (Å²) in [6.45, 7) is 13.1. The number of carbonyl (C=O) groups is 1. The third-order valence-electron chi connectivity index (χ3n) is 4.26. The normalized spacial score (nSPS) is 15.1. The van der Waals surface area contributed by atoms with E-state index in [1.165, 1.54) is 12.1 Å². The van der Waals surface area contributed by atoms with E-state index in [-0.39, 0.29) is 23.1 Å². The zero-order valence-electron chi connectivity index (χ0n) is 14.2. The summed E-state index contributed by atoms with van der Waals surface area (Å²) in [4.78, 5) is 19.9. The molecular formula is C18H21FN4O. The first-order valence-corrected chi connectivity index (χ1v) is 8.17. The van der Waals surface area contributed by atoms with Crippen molar-refractivity contribution in [1.82, 2.24) is 9.55 Å². The fraction of sp³-hybridized carbons (Fsp3) is 0.500. The summed E-state index contributed by atoms with van der Waals surface area (Å²) >= 11 is 0. The van der Waals surface area contributed by atoms with Gasteiger partial charge in [-0.1, -0.05) is 20.8 Å². The molecule has 0 aliphatic heterocycles. The second kappa shape index (κ2) is 5.90. The van der Waals surface area contributed by atoms with Gasteiger partial charge in [-0.2, -0.15) is 0 Å². The second-order valence-electron chi connectivity index (χ2n) is 7.58. The Hall–Kier alpha value is -2.42. The van der Waals surface area contributed by atoms with Gasteiger partial charge in [0.15, 0.2) is 0 Å². The molecule has 1 heterocycles. The molecule has 0 unspecified atom stereocenters. The zero-order valence-corrected chi connectivity index (χ0v) is 14.2. The van der Waals surface area contributed by atoms with Crippen LogP contribution in [0.25, 0.3) is 15.9 Å². The largest absolute Gasteiger partial charge is 0.308 e. The minimum absolute atomic E-state index is 0.0180. The molecule has 5 nitrogen and oxygen atoms in total. The third-order valence-corrected chi connectivity index (χ3v) is 4.26. The molecule has 1 amide bonds. The molecule has 1 fully saturated rings. The van der Waals surface area contributed by atoms with Gasteiger partial charge in [0.2, 0.25) is 17.5 Å². The molecule has 1 aromatic heterocycles. The Morgan fingerprint density at radius 2 is 2.17 bits per heavy atom. The van der Waals surface area contributed by atoms with E-state index >= 15 is 0 Å². The van der Waals surface area contributed by atoms with Gasteiger partial charge in [0.05, 0.1) is 17.6 Å². The molecule has 1 aliphatic rings. The number of aromatic nitrogens is 2. The van der Waals surface area contributed by atoms with Gasteiger partial charge < -0.3 is 4.57 Å². The van der Waals surface area contributed by atoms with E-state index in [0.29, 0.717) is 23.4 Å². The van der Waals surface area contributed by atoms with Crippen LogP contribution in [-0.2, 0) is 4.79 Å². The van der Waals surface area contributed by atoms with Gasteiger partial charge in [0, 0.05) is 12.5 Å². The van der Waals surface area contributed by atoms with Gasteiger partial charge in [-0.15, -0.1) is 0 Å². The molecule has 1 aliphatic carbocycles. The monoisotopic (exact) mass is 328 g/mol. The maximum Gasteiger partial charge on any atom is 0.227 e. The summed E-state index contributed by atoms with van der Waals surface area (Å²) in [5.41, 5.74) is 1.03. The van der Waals surface area contributed by atoms with Crippen molar-refractivity contribution >= 4 is 28.6 Å². The summed E-state index contributed by atoms with van der Waals surface area (Å²) < 4.78 is 15.8. The molecule has 3 rings (SSSR count). The SMILES string of the molecule is [C-]#[N+]c1cc2c(cc1F)nc(NC(=O)CC(C)(C)C)n2C1CCC1. The number of anilines is 1. The number of imidazole rings is 1. The lowest BCUT2D eigenvalue weighted by atomic mass is 9.92. The first kappa shape index (κ1) is 16.4. The van der Waals surface area contributed by atoms with Gasteiger partial charge in [-0.05, 0) is 36.8 Å². The smallest absolute Gasteiger partial charge is 0.227 e. The third kappa shape index (κ3) is 3.12. The molecule has 0 atom stereocenters. The van der Waals surface area contributed by atoms with Crippen LogP contribution in [0.2, 0.25) is 0 Å². The van der Waals surface area contributed by atoms with Crippen LogP contribution in [-0.4, -0.2) is 15.5 Å². The molecule has 24 heavy (non-hydrogen) atoms. The van der Waals surface area contributed by atoms with Crippen molar-refractivity contribution in [3.63, 3.8) is 0 Å². The van der Waals surface area contributed by atoms with Crippen LogP contribution in [0.1, 0.15) is 52.5 Å². The number of hydrogen-bond acceptors (Lipinski definition) is 2. The Bertz CT molecular complexity index is 837. The Morgan fingerprint density at radius 1 is 1.46 bits per heavy atom. The highest BCUT2D eigenvalue weighted by molar-refractivity contribution is 5.92. The summed E-state index contributed by atoms with van der Waals surface area (Å²) in [6.07, 6.45) is 3.50. The van der Waals surface area contributed by atoms with Crippen molar-refractivity contribution in [2.24, 2.45) is 5.41 Å². The predicted molar refractivity (Wildman–Crippen MR) is 91.5 cm³/mol. The fourth-order valence-corrected chi connectivity index (χ4v) is 2.94. The topological polar surface area (TPSA) is 51.3 Å². The van der Waals surface area contributed by atoms with E-state index < -0.39 is 5.82 Å². The zero-order chi connectivity index (χ0) is 17.5. The molecule has 0 bridgehead atoms. The van der Waals surface area contributed by atoms with E-state index in [1.54, 1.807) is 0 Å². The van der Waals surface area contributed by atoms with E-state index in [9.17, 15) is 9.18 Å². The number of hydrogen-bond donors (Lipinski definition) is 1. The molecule has 1 aromatic carbocycles. The van der Waals surface area contributed by atoms with Crippen LogP contribution in [0.4, 0.5) is 16.0 Å². The molecule has 126 valence electrons. The summed E-state index contributed by atoms with van der Waals surface area (Å²) in [5, 5.41) is 2.88. The number of halogens is 1. The Balaban J connectivity index is 2.03. The first-order valence-electron chi connectivity index (χ1n) is 8.17. The number of nitrogens with zero attached hydrogens (tertiary/aromatic N) is 3. The Labute approximate surface area is 140 Å². The maximum absolute atomic E-state index is 13.9. The van der Waals surface area contributed by atoms with E-state index in [4.69, 9.17) is 6.57 Å². The number of nitrogens with one attached hydrogen (secondary N) is 1. The standard InChI is InChI=1S/C18H21FN4O/c1-18(2,3)10-16(24)22-17-21-14-8-12(19)13(20-4)9-15(14)23(17)11-6-5-7-11/h8-9,11H,5-7,10H2,1-3H3,(H,21,22,24). The Kier molecular flexibility index (Phi) is 4.04. The highest BCUT2D eigenvalue weighted by Gasteiger charge is 2.27. The molecule has 0 spiro atoms. The first-order chi connectivity index (χ1) is 11.3. The number of carbonyl (C=O) groups excluding carboxylic acids is 1. The van der Waals surface area contributed by atoms with Crippen molar-refractivity contribution in [3.8, 4) is 0 Å². The van der Waals surface area contributed by atoms with E-state index in [0.717, 1.165) is 19.3 Å². The van der Waals surface area contributed by atoms with Gasteiger partial charge in [0.1, 0.15) is 5.82 Å². The average Bonchev–Trinajstić information content (AvgIpc) is 2.71. The van der Waals surface area contributed by atoms with Crippen LogP contribution < -0.4 is 5.32 Å². The molecule has 0 radical (unpaired) electrons. The number of rotatable bonds is 3. The highest BCUT2D eigenvalue weighted by atomic mass is 19.1. The van der Waals surface area contributed by atoms with Crippen molar-refractivity contribution in [2.75, 3.05) is 5.32 Å². The number of fused-ring (bicyclic) bond motifs is 1. The van der Waals surface area contributed by atoms with Crippen LogP contribution in [0.5, 0.6) is 0 Å². The summed E-state index contributed by atoms with van der Waals surface area (Å²) in [7, 11) is 0. The van der Waals surface area contributed by atoms with Gasteiger partial charge in [0.25, 0.3) is 0 Å². The van der Waals surface area contributed by atoms with E-state index in [2.05, 4.69) is 15.1 Å². The average molecular weight is 328 g/mol. The van der Waals surface area contributed by atoms with Crippen LogP contribution >= 0.6 is 0 Å². The summed E-state index contributed by atoms with van der Waals surface area (Å²) in [5.74, 6) is -0.238. The number of benzene rings is 1. The molecule has 1 saturated carbocycles. The molecule has 6 heteroatoms. The van der Waals surface area contributed by atoms with Crippen molar-refractivity contribution in [1.29, 1.82) is 0 Å². The molecule has 2 aromatic rings. The van der Waals surface area contributed by atoms with Crippen molar-refractivity contribution in [3.05, 3.63) is 29.4 Å². The number of amides is 1.